The Labute approximate surface area is 97.7 Å². The topological polar surface area (TPSA) is 61.1 Å². The van der Waals surface area contributed by atoms with Crippen LogP contribution >= 0.6 is 24.2 Å². The van der Waals surface area contributed by atoms with Crippen molar-refractivity contribution in [1.82, 2.24) is 0 Å². The van der Waals surface area contributed by atoms with Crippen LogP contribution in [0.25, 0.3) is 0 Å². The minimum absolute atomic E-state index is 0.171. The summed E-state index contributed by atoms with van der Waals surface area (Å²) in [7, 11) is 0. The van der Waals surface area contributed by atoms with Gasteiger partial charge >= 0.3 is 5.97 Å². The van der Waals surface area contributed by atoms with E-state index in [4.69, 9.17) is 22.0 Å². The molecule has 0 radical (unpaired) electrons. The zero-order valence-electron chi connectivity index (χ0n) is 7.70. The molecule has 0 aliphatic rings. The molecule has 0 saturated carbocycles. The van der Waals surface area contributed by atoms with Crippen LogP contribution < -0.4 is 0 Å². The standard InChI is InChI=1S/C10H8ClNO2S/c11-4-7-2-8(15)1-6(3-10(13)14)9(7)5-12/h1-2,15H,3-4H2,(H,13,14). The summed E-state index contributed by atoms with van der Waals surface area (Å²) in [6.45, 7) is 0. The van der Waals surface area contributed by atoms with Gasteiger partial charge in [0.25, 0.3) is 0 Å². The lowest BCUT2D eigenvalue weighted by atomic mass is 10.0. The third-order valence-corrected chi connectivity index (χ3v) is 2.43. The van der Waals surface area contributed by atoms with Crippen LogP contribution in [-0.4, -0.2) is 11.1 Å². The first kappa shape index (κ1) is 11.9. The van der Waals surface area contributed by atoms with Crippen molar-refractivity contribution in [2.24, 2.45) is 0 Å². The van der Waals surface area contributed by atoms with Gasteiger partial charge in [-0.25, -0.2) is 0 Å². The first-order valence-electron chi connectivity index (χ1n) is 4.11. The highest BCUT2D eigenvalue weighted by molar-refractivity contribution is 7.80. The van der Waals surface area contributed by atoms with Crippen molar-refractivity contribution in [3.05, 3.63) is 28.8 Å². The summed E-state index contributed by atoms with van der Waals surface area (Å²) >= 11 is 9.78. The molecule has 0 fully saturated rings. The summed E-state index contributed by atoms with van der Waals surface area (Å²) < 4.78 is 0. The van der Waals surface area contributed by atoms with Gasteiger partial charge in [0.05, 0.1) is 18.1 Å². The maximum absolute atomic E-state index is 10.6. The van der Waals surface area contributed by atoms with Crippen LogP contribution in [0.3, 0.4) is 0 Å². The van der Waals surface area contributed by atoms with Gasteiger partial charge in [-0.1, -0.05) is 0 Å². The van der Waals surface area contributed by atoms with E-state index in [2.05, 4.69) is 12.6 Å². The lowest BCUT2D eigenvalue weighted by Gasteiger charge is -2.07. The molecule has 1 aromatic rings. The summed E-state index contributed by atoms with van der Waals surface area (Å²) in [6, 6.07) is 5.21. The van der Waals surface area contributed by atoms with Gasteiger partial charge in [0, 0.05) is 10.8 Å². The van der Waals surface area contributed by atoms with Gasteiger partial charge in [-0.2, -0.15) is 5.26 Å². The number of benzene rings is 1. The van der Waals surface area contributed by atoms with Crippen molar-refractivity contribution < 1.29 is 9.90 Å². The number of aliphatic carboxylic acids is 1. The first-order chi connectivity index (χ1) is 7.08. The molecule has 1 rings (SSSR count). The number of carbonyl (C=O) groups is 1. The molecule has 15 heavy (non-hydrogen) atoms. The van der Waals surface area contributed by atoms with E-state index in [1.54, 1.807) is 12.1 Å². The number of rotatable bonds is 3. The number of thiol groups is 1. The zero-order chi connectivity index (χ0) is 11.4. The van der Waals surface area contributed by atoms with Crippen LogP contribution in [0.15, 0.2) is 17.0 Å². The Hall–Kier alpha value is -1.18. The lowest BCUT2D eigenvalue weighted by molar-refractivity contribution is -0.136. The van der Waals surface area contributed by atoms with E-state index in [9.17, 15) is 4.79 Å². The van der Waals surface area contributed by atoms with E-state index in [1.807, 2.05) is 6.07 Å². The van der Waals surface area contributed by atoms with Crippen molar-refractivity contribution in [2.45, 2.75) is 17.2 Å². The van der Waals surface area contributed by atoms with Crippen molar-refractivity contribution in [2.75, 3.05) is 0 Å². The molecular formula is C10H8ClNO2S. The van der Waals surface area contributed by atoms with Gasteiger partial charge in [0.2, 0.25) is 0 Å². The van der Waals surface area contributed by atoms with Crippen LogP contribution in [0.1, 0.15) is 16.7 Å². The Morgan fingerprint density at radius 2 is 2.13 bits per heavy atom. The normalized spacial score (nSPS) is 9.67. The molecule has 3 nitrogen and oxygen atoms in total. The minimum atomic E-state index is -0.981. The molecule has 78 valence electrons. The average Bonchev–Trinajstić information content (AvgIpc) is 2.15. The second kappa shape index (κ2) is 5.06. The largest absolute Gasteiger partial charge is 0.481 e. The van der Waals surface area contributed by atoms with Crippen molar-refractivity contribution in [3.8, 4) is 6.07 Å². The molecule has 1 N–H and O–H groups in total. The molecule has 0 spiro atoms. The molecule has 0 unspecified atom stereocenters. The number of hydrogen-bond acceptors (Lipinski definition) is 3. The first-order valence-corrected chi connectivity index (χ1v) is 5.09. The third-order valence-electron chi connectivity index (χ3n) is 1.88. The Balaban J connectivity index is 3.30. The average molecular weight is 242 g/mol. The molecule has 0 bridgehead atoms. The number of hydrogen-bond donors (Lipinski definition) is 2. The Morgan fingerprint density at radius 3 is 2.60 bits per heavy atom. The van der Waals surface area contributed by atoms with Crippen molar-refractivity contribution >= 4 is 30.2 Å². The summed E-state index contributed by atoms with van der Waals surface area (Å²) in [5.74, 6) is -0.810. The molecule has 1 aromatic carbocycles. The van der Waals surface area contributed by atoms with Crippen molar-refractivity contribution in [1.29, 1.82) is 5.26 Å². The predicted octanol–water partition coefficient (Wildman–Crippen LogP) is 2.21. The predicted molar refractivity (Wildman–Crippen MR) is 59.3 cm³/mol. The molecule has 0 saturated heterocycles. The third kappa shape index (κ3) is 2.88. The Bertz CT molecular complexity index is 440. The SMILES string of the molecule is N#Cc1c(CCl)cc(S)cc1CC(=O)O. The smallest absolute Gasteiger partial charge is 0.307 e. The van der Waals surface area contributed by atoms with Crippen molar-refractivity contribution in [3.63, 3.8) is 0 Å². The van der Waals surface area contributed by atoms with E-state index >= 15 is 0 Å². The summed E-state index contributed by atoms with van der Waals surface area (Å²) in [6.07, 6.45) is -0.193. The fraction of sp³-hybridized carbons (Fsp3) is 0.200. The molecule has 0 atom stereocenters. The molecule has 5 heteroatoms. The summed E-state index contributed by atoms with van der Waals surface area (Å²) in [5, 5.41) is 17.6. The van der Waals surface area contributed by atoms with Gasteiger partial charge in [-0.3, -0.25) is 4.79 Å². The molecule has 0 aliphatic heterocycles. The van der Waals surface area contributed by atoms with Crippen LogP contribution in [0.4, 0.5) is 0 Å². The number of alkyl halides is 1. The molecule has 0 aliphatic carbocycles. The van der Waals surface area contributed by atoms with E-state index in [0.717, 1.165) is 0 Å². The summed E-state index contributed by atoms with van der Waals surface area (Å²) in [5.41, 5.74) is 1.40. The number of carboxylic acid groups (broad SMARTS) is 1. The van der Waals surface area contributed by atoms with E-state index < -0.39 is 5.97 Å². The minimum Gasteiger partial charge on any atom is -0.481 e. The quantitative estimate of drug-likeness (QED) is 0.630. The fourth-order valence-corrected chi connectivity index (χ4v) is 1.82. The van der Waals surface area contributed by atoms with Gasteiger partial charge < -0.3 is 5.11 Å². The molecule has 0 heterocycles. The molecular weight excluding hydrogens is 234 g/mol. The maximum atomic E-state index is 10.6. The van der Waals surface area contributed by atoms with Crippen LogP contribution in [0, 0.1) is 11.3 Å². The highest BCUT2D eigenvalue weighted by Gasteiger charge is 2.11. The second-order valence-corrected chi connectivity index (χ2v) is 3.74. The Morgan fingerprint density at radius 1 is 1.53 bits per heavy atom. The van der Waals surface area contributed by atoms with E-state index in [0.29, 0.717) is 21.6 Å². The van der Waals surface area contributed by atoms with Gasteiger partial charge in [0.1, 0.15) is 0 Å². The van der Waals surface area contributed by atoms with Gasteiger partial charge in [-0.15, -0.1) is 24.2 Å². The fourth-order valence-electron chi connectivity index (χ4n) is 1.30. The van der Waals surface area contributed by atoms with Gasteiger partial charge in [-0.05, 0) is 23.3 Å². The second-order valence-electron chi connectivity index (χ2n) is 2.95. The monoisotopic (exact) mass is 241 g/mol. The number of carboxylic acids is 1. The van der Waals surface area contributed by atoms with Crippen LogP contribution in [-0.2, 0) is 17.1 Å². The maximum Gasteiger partial charge on any atom is 0.307 e. The number of nitriles is 1. The summed E-state index contributed by atoms with van der Waals surface area (Å²) in [4.78, 5) is 11.2. The lowest BCUT2D eigenvalue weighted by Crippen LogP contribution is -2.04. The van der Waals surface area contributed by atoms with E-state index in [-0.39, 0.29) is 12.3 Å². The highest BCUT2D eigenvalue weighted by Crippen LogP contribution is 2.21. The zero-order valence-corrected chi connectivity index (χ0v) is 9.35. The molecule has 0 aromatic heterocycles. The molecule has 0 amide bonds. The number of halogens is 1. The van der Waals surface area contributed by atoms with Crippen LogP contribution in [0.5, 0.6) is 0 Å². The number of nitrogens with zero attached hydrogens (tertiary/aromatic N) is 1. The van der Waals surface area contributed by atoms with Crippen LogP contribution in [0.2, 0.25) is 0 Å². The Kier molecular flexibility index (Phi) is 4.01. The highest BCUT2D eigenvalue weighted by atomic mass is 35.5. The van der Waals surface area contributed by atoms with Gasteiger partial charge in [0.15, 0.2) is 0 Å². The van der Waals surface area contributed by atoms with E-state index in [1.165, 1.54) is 0 Å².